The SMILES string of the molecule is Cc1cc(S(=O)(=O)N2CC[C@@H](O)C2)ccc1-c1ccc2c(c1C)C(N)=NC2. The van der Waals surface area contributed by atoms with Crippen LogP contribution in [0.25, 0.3) is 11.1 Å². The van der Waals surface area contributed by atoms with Crippen molar-refractivity contribution < 1.29 is 13.5 Å². The highest BCUT2D eigenvalue weighted by atomic mass is 32.2. The van der Waals surface area contributed by atoms with Gasteiger partial charge in [0, 0.05) is 18.7 Å². The van der Waals surface area contributed by atoms with Gasteiger partial charge >= 0.3 is 0 Å². The van der Waals surface area contributed by atoms with E-state index in [1.54, 1.807) is 12.1 Å². The molecule has 1 fully saturated rings. The number of aliphatic hydroxyl groups excluding tert-OH is 1. The molecule has 4 rings (SSSR count). The average molecular weight is 385 g/mol. The molecule has 27 heavy (non-hydrogen) atoms. The highest BCUT2D eigenvalue weighted by molar-refractivity contribution is 7.89. The molecule has 0 aromatic heterocycles. The molecule has 2 heterocycles. The first kappa shape index (κ1) is 18.2. The Labute approximate surface area is 159 Å². The third-order valence-electron chi connectivity index (χ3n) is 5.48. The molecule has 0 amide bonds. The van der Waals surface area contributed by atoms with Gasteiger partial charge in [-0.15, -0.1) is 0 Å². The molecule has 2 aromatic rings. The molecule has 0 bridgehead atoms. The van der Waals surface area contributed by atoms with Gasteiger partial charge < -0.3 is 10.8 Å². The minimum atomic E-state index is -3.59. The topological polar surface area (TPSA) is 96.0 Å². The number of fused-ring (bicyclic) bond motifs is 1. The Kier molecular flexibility index (Phi) is 4.33. The number of nitrogens with two attached hydrogens (primary N) is 1. The van der Waals surface area contributed by atoms with Gasteiger partial charge in [-0.3, -0.25) is 4.99 Å². The van der Waals surface area contributed by atoms with E-state index in [1.165, 1.54) is 4.31 Å². The first-order valence-corrected chi connectivity index (χ1v) is 10.4. The van der Waals surface area contributed by atoms with Crippen LogP contribution in [0.4, 0.5) is 0 Å². The van der Waals surface area contributed by atoms with Crippen molar-refractivity contribution in [3.05, 3.63) is 52.6 Å². The van der Waals surface area contributed by atoms with Crippen LogP contribution in [0.2, 0.25) is 0 Å². The summed E-state index contributed by atoms with van der Waals surface area (Å²) in [5.41, 5.74) is 12.1. The summed E-state index contributed by atoms with van der Waals surface area (Å²) >= 11 is 0. The normalized spacial score (nSPS) is 20.0. The molecule has 0 unspecified atom stereocenters. The molecule has 3 N–H and O–H groups in total. The molecule has 0 aliphatic carbocycles. The van der Waals surface area contributed by atoms with Crippen LogP contribution < -0.4 is 5.73 Å². The van der Waals surface area contributed by atoms with Crippen LogP contribution in [0.15, 0.2) is 40.2 Å². The van der Waals surface area contributed by atoms with Gasteiger partial charge in [-0.05, 0) is 60.2 Å². The molecule has 1 saturated heterocycles. The van der Waals surface area contributed by atoms with Crippen molar-refractivity contribution in [2.24, 2.45) is 10.7 Å². The lowest BCUT2D eigenvalue weighted by Crippen LogP contribution is -2.29. The summed E-state index contributed by atoms with van der Waals surface area (Å²) in [6, 6.07) is 9.30. The summed E-state index contributed by atoms with van der Waals surface area (Å²) in [6.45, 7) is 5.06. The van der Waals surface area contributed by atoms with E-state index in [1.807, 2.05) is 26.0 Å². The summed E-state index contributed by atoms with van der Waals surface area (Å²) in [6.07, 6.45) is -0.102. The predicted molar refractivity (Wildman–Crippen MR) is 105 cm³/mol. The first-order valence-electron chi connectivity index (χ1n) is 9.01. The highest BCUT2D eigenvalue weighted by Crippen LogP contribution is 2.34. The minimum Gasteiger partial charge on any atom is -0.392 e. The Morgan fingerprint density at radius 3 is 2.59 bits per heavy atom. The summed E-state index contributed by atoms with van der Waals surface area (Å²) < 4.78 is 27.0. The fourth-order valence-electron chi connectivity index (χ4n) is 3.97. The molecule has 2 aromatic carbocycles. The molecular formula is C20H23N3O3S. The number of nitrogens with zero attached hydrogens (tertiary/aromatic N) is 2. The number of sulfonamides is 1. The molecule has 7 heteroatoms. The van der Waals surface area contributed by atoms with Crippen molar-refractivity contribution in [3.63, 3.8) is 0 Å². The molecule has 2 aliphatic heterocycles. The van der Waals surface area contributed by atoms with E-state index < -0.39 is 16.1 Å². The van der Waals surface area contributed by atoms with E-state index in [0.717, 1.165) is 33.4 Å². The monoisotopic (exact) mass is 385 g/mol. The summed E-state index contributed by atoms with van der Waals surface area (Å²) in [4.78, 5) is 4.57. The standard InChI is InChI=1S/C20H23N3O3S/c1-12-9-16(27(25,26)23-8-7-15(24)11-23)4-6-17(12)18-5-3-14-10-22-20(21)19(14)13(18)2/h3-6,9,15,24H,7-8,10-11H2,1-2H3,(H2,21,22)/t15-/m1/s1. The van der Waals surface area contributed by atoms with Crippen LogP contribution in [0, 0.1) is 13.8 Å². The van der Waals surface area contributed by atoms with Crippen LogP contribution in [-0.4, -0.2) is 42.9 Å². The zero-order chi connectivity index (χ0) is 19.3. The number of benzene rings is 2. The summed E-state index contributed by atoms with van der Waals surface area (Å²) in [5.74, 6) is 0.564. The third-order valence-corrected chi connectivity index (χ3v) is 7.34. The molecule has 1 atom stereocenters. The third kappa shape index (κ3) is 2.96. The van der Waals surface area contributed by atoms with E-state index >= 15 is 0 Å². The van der Waals surface area contributed by atoms with Gasteiger partial charge in [-0.2, -0.15) is 4.31 Å². The van der Waals surface area contributed by atoms with Crippen molar-refractivity contribution in [3.8, 4) is 11.1 Å². The Bertz CT molecular complexity index is 1060. The quantitative estimate of drug-likeness (QED) is 0.844. The van der Waals surface area contributed by atoms with E-state index in [-0.39, 0.29) is 11.4 Å². The Hall–Kier alpha value is -2.22. The minimum absolute atomic E-state index is 0.158. The highest BCUT2D eigenvalue weighted by Gasteiger charge is 2.32. The fraction of sp³-hybridized carbons (Fsp3) is 0.350. The molecule has 0 saturated carbocycles. The van der Waals surface area contributed by atoms with Crippen molar-refractivity contribution in [2.75, 3.05) is 13.1 Å². The number of hydrogen-bond acceptors (Lipinski definition) is 5. The Morgan fingerprint density at radius 2 is 1.93 bits per heavy atom. The van der Waals surface area contributed by atoms with Crippen LogP contribution >= 0.6 is 0 Å². The van der Waals surface area contributed by atoms with Crippen molar-refractivity contribution >= 4 is 15.9 Å². The lowest BCUT2D eigenvalue weighted by atomic mass is 9.91. The van der Waals surface area contributed by atoms with Crippen LogP contribution in [-0.2, 0) is 16.6 Å². The van der Waals surface area contributed by atoms with Crippen LogP contribution in [0.1, 0.15) is 28.7 Å². The molecular weight excluding hydrogens is 362 g/mol. The van der Waals surface area contributed by atoms with Gasteiger partial charge in [0.1, 0.15) is 5.84 Å². The maximum Gasteiger partial charge on any atom is 0.243 e. The largest absolute Gasteiger partial charge is 0.392 e. The van der Waals surface area contributed by atoms with Gasteiger partial charge in [0.25, 0.3) is 0 Å². The molecule has 0 spiro atoms. The van der Waals surface area contributed by atoms with Crippen molar-refractivity contribution in [1.29, 1.82) is 0 Å². The number of aryl methyl sites for hydroxylation is 1. The van der Waals surface area contributed by atoms with Crippen LogP contribution in [0.5, 0.6) is 0 Å². The molecule has 6 nitrogen and oxygen atoms in total. The smallest absolute Gasteiger partial charge is 0.243 e. The second kappa shape index (κ2) is 6.44. The Balaban J connectivity index is 1.74. The molecule has 2 aliphatic rings. The van der Waals surface area contributed by atoms with Gasteiger partial charge in [0.15, 0.2) is 0 Å². The maximum atomic E-state index is 12.8. The zero-order valence-corrected chi connectivity index (χ0v) is 16.3. The number of aliphatic hydroxyl groups is 1. The van der Waals surface area contributed by atoms with Gasteiger partial charge in [-0.25, -0.2) is 8.42 Å². The second-order valence-corrected chi connectivity index (χ2v) is 9.19. The second-order valence-electron chi connectivity index (χ2n) is 7.26. The van der Waals surface area contributed by atoms with E-state index in [4.69, 9.17) is 5.73 Å². The van der Waals surface area contributed by atoms with Gasteiger partial charge in [0.2, 0.25) is 10.0 Å². The maximum absolute atomic E-state index is 12.8. The van der Waals surface area contributed by atoms with Crippen molar-refractivity contribution in [2.45, 2.75) is 37.8 Å². The Morgan fingerprint density at radius 1 is 1.19 bits per heavy atom. The zero-order valence-electron chi connectivity index (χ0n) is 15.4. The predicted octanol–water partition coefficient (Wildman–Crippen LogP) is 1.94. The van der Waals surface area contributed by atoms with Crippen molar-refractivity contribution in [1.82, 2.24) is 4.31 Å². The number of aliphatic imine (C=N–C) groups is 1. The summed E-state index contributed by atoms with van der Waals surface area (Å²) in [7, 11) is -3.59. The van der Waals surface area contributed by atoms with E-state index in [0.29, 0.717) is 25.3 Å². The summed E-state index contributed by atoms with van der Waals surface area (Å²) in [5, 5.41) is 9.66. The van der Waals surface area contributed by atoms with Gasteiger partial charge in [0.05, 0.1) is 17.5 Å². The number of β-amino-alcohol motifs (C(OH)–C–C–N with tert-alkyl or cyclic N) is 1. The number of rotatable bonds is 3. The lowest BCUT2D eigenvalue weighted by Gasteiger charge is -2.18. The average Bonchev–Trinajstić information content (AvgIpc) is 3.22. The van der Waals surface area contributed by atoms with E-state index in [9.17, 15) is 13.5 Å². The number of hydrogen-bond donors (Lipinski definition) is 2. The molecule has 142 valence electrons. The number of amidine groups is 1. The van der Waals surface area contributed by atoms with Gasteiger partial charge in [-0.1, -0.05) is 18.2 Å². The first-order chi connectivity index (χ1) is 12.8. The van der Waals surface area contributed by atoms with Crippen LogP contribution in [0.3, 0.4) is 0 Å². The molecule has 0 radical (unpaired) electrons. The lowest BCUT2D eigenvalue weighted by molar-refractivity contribution is 0.189. The fourth-order valence-corrected chi connectivity index (χ4v) is 5.55. The van der Waals surface area contributed by atoms with E-state index in [2.05, 4.69) is 11.1 Å².